The van der Waals surface area contributed by atoms with Gasteiger partial charge in [0.05, 0.1) is 17.0 Å². The summed E-state index contributed by atoms with van der Waals surface area (Å²) in [4.78, 5) is 32.1. The Hall–Kier alpha value is -2.99. The molecule has 3 aromatic rings. The maximum atomic E-state index is 12.8. The quantitative estimate of drug-likeness (QED) is 0.554. The Balaban J connectivity index is 1.85. The molecule has 0 atom stereocenters. The lowest BCUT2D eigenvalue weighted by Crippen LogP contribution is -2.25. The summed E-state index contributed by atoms with van der Waals surface area (Å²) >= 11 is 1.41. The third-order valence-electron chi connectivity index (χ3n) is 4.35. The molecule has 0 fully saturated rings. The first-order valence-electron chi connectivity index (χ1n) is 9.07. The van der Waals surface area contributed by atoms with Crippen molar-refractivity contribution in [3.05, 3.63) is 70.9 Å². The van der Waals surface area contributed by atoms with Crippen LogP contribution in [0.3, 0.4) is 0 Å². The molecule has 0 aliphatic rings. The second-order valence-electron chi connectivity index (χ2n) is 6.40. The number of hydrogen-bond donors (Lipinski definition) is 0. The number of hydrogen-bond acceptors (Lipinski definition) is 5. The van der Waals surface area contributed by atoms with E-state index in [1.807, 2.05) is 38.1 Å². The molecule has 2 heterocycles. The van der Waals surface area contributed by atoms with Crippen LogP contribution in [-0.4, -0.2) is 30.5 Å². The van der Waals surface area contributed by atoms with Crippen LogP contribution >= 0.6 is 11.3 Å². The molecule has 3 rings (SSSR count). The van der Waals surface area contributed by atoms with Gasteiger partial charge in [-0.3, -0.25) is 9.78 Å². The molecule has 0 unspecified atom stereocenters. The van der Waals surface area contributed by atoms with E-state index in [2.05, 4.69) is 4.98 Å². The number of amides is 1. The highest BCUT2D eigenvalue weighted by atomic mass is 32.1. The van der Waals surface area contributed by atoms with Gasteiger partial charge in [-0.05, 0) is 60.9 Å². The van der Waals surface area contributed by atoms with Gasteiger partial charge in [0.1, 0.15) is 0 Å². The minimum absolute atomic E-state index is 0.0846. The van der Waals surface area contributed by atoms with Crippen molar-refractivity contribution in [3.8, 4) is 10.4 Å². The molecule has 0 aliphatic heterocycles. The first-order chi connectivity index (χ1) is 13.5. The number of ether oxygens (including phenoxy) is 1. The fourth-order valence-electron chi connectivity index (χ4n) is 2.74. The highest BCUT2D eigenvalue weighted by Crippen LogP contribution is 2.32. The Labute approximate surface area is 168 Å². The van der Waals surface area contributed by atoms with Gasteiger partial charge < -0.3 is 9.64 Å². The van der Waals surface area contributed by atoms with Gasteiger partial charge in [-0.2, -0.15) is 0 Å². The van der Waals surface area contributed by atoms with E-state index in [9.17, 15) is 9.59 Å². The zero-order valence-corrected chi connectivity index (χ0v) is 17.0. The molecule has 0 radical (unpaired) electrons. The van der Waals surface area contributed by atoms with Gasteiger partial charge in [0.15, 0.2) is 0 Å². The number of esters is 1. The van der Waals surface area contributed by atoms with Crippen LogP contribution in [0.5, 0.6) is 0 Å². The molecule has 1 amide bonds. The van der Waals surface area contributed by atoms with Crippen molar-refractivity contribution in [2.24, 2.45) is 0 Å². The van der Waals surface area contributed by atoms with Gasteiger partial charge in [-0.15, -0.1) is 11.3 Å². The molecule has 0 bridgehead atoms. The average molecular weight is 394 g/mol. The standard InChI is InChI=1S/C22H22N2O3S/c1-4-13-27-22(26)16-6-5-15(2)18(14-16)19-7-8-20(28-19)21(25)24(3)17-9-11-23-12-10-17/h5-12,14H,4,13H2,1-3H3. The number of rotatable bonds is 6. The number of aryl methyl sites for hydroxylation is 1. The maximum absolute atomic E-state index is 12.8. The molecular weight excluding hydrogens is 372 g/mol. The van der Waals surface area contributed by atoms with Gasteiger partial charge >= 0.3 is 5.97 Å². The summed E-state index contributed by atoms with van der Waals surface area (Å²) in [6.45, 7) is 4.35. The van der Waals surface area contributed by atoms with Crippen LogP contribution < -0.4 is 4.90 Å². The van der Waals surface area contributed by atoms with E-state index >= 15 is 0 Å². The molecule has 0 saturated carbocycles. The SMILES string of the molecule is CCCOC(=O)c1ccc(C)c(-c2ccc(C(=O)N(C)c3ccncc3)s2)c1. The number of carbonyl (C=O) groups excluding carboxylic acids is 2. The molecule has 0 saturated heterocycles. The minimum Gasteiger partial charge on any atom is -0.462 e. The highest BCUT2D eigenvalue weighted by molar-refractivity contribution is 7.17. The molecule has 0 spiro atoms. The number of carbonyl (C=O) groups is 2. The van der Waals surface area contributed by atoms with Gasteiger partial charge in [-0.1, -0.05) is 13.0 Å². The van der Waals surface area contributed by atoms with Crippen LogP contribution in [0, 0.1) is 6.92 Å². The molecule has 2 aromatic heterocycles. The summed E-state index contributed by atoms with van der Waals surface area (Å²) in [5.74, 6) is -0.410. The Morgan fingerprint density at radius 1 is 1.11 bits per heavy atom. The van der Waals surface area contributed by atoms with Gasteiger partial charge in [-0.25, -0.2) is 4.79 Å². The maximum Gasteiger partial charge on any atom is 0.338 e. The van der Waals surface area contributed by atoms with Crippen molar-refractivity contribution in [1.82, 2.24) is 4.98 Å². The summed E-state index contributed by atoms with van der Waals surface area (Å²) in [6, 6.07) is 12.8. The van der Waals surface area contributed by atoms with Crippen molar-refractivity contribution in [2.75, 3.05) is 18.6 Å². The molecular formula is C22H22N2O3S. The van der Waals surface area contributed by atoms with Crippen LogP contribution in [0.2, 0.25) is 0 Å². The third kappa shape index (κ3) is 4.28. The van der Waals surface area contributed by atoms with Crippen LogP contribution in [-0.2, 0) is 4.74 Å². The van der Waals surface area contributed by atoms with Crippen molar-refractivity contribution in [1.29, 1.82) is 0 Å². The summed E-state index contributed by atoms with van der Waals surface area (Å²) in [5.41, 5.74) is 3.27. The molecule has 0 N–H and O–H groups in total. The van der Waals surface area contributed by atoms with Gasteiger partial charge in [0, 0.05) is 30.0 Å². The van der Waals surface area contributed by atoms with Crippen LogP contribution in [0.4, 0.5) is 5.69 Å². The molecule has 5 nitrogen and oxygen atoms in total. The zero-order valence-electron chi connectivity index (χ0n) is 16.1. The van der Waals surface area contributed by atoms with Crippen LogP contribution in [0.1, 0.15) is 38.9 Å². The molecule has 0 aliphatic carbocycles. The molecule has 6 heteroatoms. The number of nitrogens with zero attached hydrogens (tertiary/aromatic N) is 2. The van der Waals surface area contributed by atoms with Crippen molar-refractivity contribution >= 4 is 28.9 Å². The monoisotopic (exact) mass is 394 g/mol. The summed E-state index contributed by atoms with van der Waals surface area (Å²) in [6.07, 6.45) is 4.10. The number of thiophene rings is 1. The van der Waals surface area contributed by atoms with E-state index in [0.29, 0.717) is 17.0 Å². The highest BCUT2D eigenvalue weighted by Gasteiger charge is 2.18. The predicted molar refractivity (Wildman–Crippen MR) is 112 cm³/mol. The normalized spacial score (nSPS) is 10.5. The van der Waals surface area contributed by atoms with Crippen molar-refractivity contribution < 1.29 is 14.3 Å². The molecule has 28 heavy (non-hydrogen) atoms. The van der Waals surface area contributed by atoms with E-state index in [1.165, 1.54) is 11.3 Å². The Morgan fingerprint density at radius 3 is 2.57 bits per heavy atom. The summed E-state index contributed by atoms with van der Waals surface area (Å²) in [5, 5.41) is 0. The fourth-order valence-corrected chi connectivity index (χ4v) is 3.80. The lowest BCUT2D eigenvalue weighted by atomic mass is 10.0. The Bertz CT molecular complexity index is 982. The topological polar surface area (TPSA) is 59.5 Å². The number of aromatic nitrogens is 1. The van der Waals surface area contributed by atoms with Crippen LogP contribution in [0.15, 0.2) is 54.9 Å². The molecule has 144 valence electrons. The number of pyridine rings is 1. The van der Waals surface area contributed by atoms with Crippen LogP contribution in [0.25, 0.3) is 10.4 Å². The average Bonchev–Trinajstić information content (AvgIpc) is 3.21. The van der Waals surface area contributed by atoms with E-state index in [4.69, 9.17) is 4.74 Å². The first kappa shape index (κ1) is 19.8. The van der Waals surface area contributed by atoms with Crippen molar-refractivity contribution in [2.45, 2.75) is 20.3 Å². The molecule has 1 aromatic carbocycles. The lowest BCUT2D eigenvalue weighted by Gasteiger charge is -2.15. The van der Waals surface area contributed by atoms with Gasteiger partial charge in [0.25, 0.3) is 5.91 Å². The smallest absolute Gasteiger partial charge is 0.338 e. The van der Waals surface area contributed by atoms with E-state index in [0.717, 1.165) is 28.1 Å². The third-order valence-corrected chi connectivity index (χ3v) is 5.45. The van der Waals surface area contributed by atoms with E-state index in [-0.39, 0.29) is 11.9 Å². The number of benzene rings is 1. The lowest BCUT2D eigenvalue weighted by molar-refractivity contribution is 0.0505. The summed E-state index contributed by atoms with van der Waals surface area (Å²) in [7, 11) is 1.74. The predicted octanol–water partition coefficient (Wildman–Crippen LogP) is 4.96. The summed E-state index contributed by atoms with van der Waals surface area (Å²) < 4.78 is 5.23. The van der Waals surface area contributed by atoms with Gasteiger partial charge in [0.2, 0.25) is 0 Å². The number of anilines is 1. The fraction of sp³-hybridized carbons (Fsp3) is 0.227. The largest absolute Gasteiger partial charge is 0.462 e. The Morgan fingerprint density at radius 2 is 1.86 bits per heavy atom. The second kappa shape index (κ2) is 8.80. The second-order valence-corrected chi connectivity index (χ2v) is 7.48. The van der Waals surface area contributed by atoms with E-state index in [1.54, 1.807) is 42.5 Å². The van der Waals surface area contributed by atoms with Crippen molar-refractivity contribution in [3.63, 3.8) is 0 Å². The zero-order chi connectivity index (χ0) is 20.1. The minimum atomic E-state index is -0.326. The Kier molecular flexibility index (Phi) is 6.21. The first-order valence-corrected chi connectivity index (χ1v) is 9.89. The van der Waals surface area contributed by atoms with E-state index < -0.39 is 0 Å².